The van der Waals surface area contributed by atoms with Gasteiger partial charge < -0.3 is 20.5 Å². The molecule has 2 unspecified atom stereocenters. The van der Waals surface area contributed by atoms with Crippen LogP contribution in [0.25, 0.3) is 0 Å². The largest absolute Gasteiger partial charge is 0.445 e. The van der Waals surface area contributed by atoms with Crippen LogP contribution in [0.2, 0.25) is 0 Å². The summed E-state index contributed by atoms with van der Waals surface area (Å²) in [4.78, 5) is 11.8. The highest BCUT2D eigenvalue weighted by Gasteiger charge is 2.34. The van der Waals surface area contributed by atoms with Gasteiger partial charge in [0.05, 0.1) is 6.10 Å². The smallest absolute Gasteiger partial charge is 0.407 e. The van der Waals surface area contributed by atoms with Gasteiger partial charge in [-0.05, 0) is 31.2 Å². The van der Waals surface area contributed by atoms with Crippen LogP contribution in [0, 0.1) is 0 Å². The Morgan fingerprint density at radius 1 is 1.13 bits per heavy atom. The van der Waals surface area contributed by atoms with E-state index in [1.165, 1.54) is 6.42 Å². The van der Waals surface area contributed by atoms with Gasteiger partial charge in [-0.15, -0.1) is 0 Å². The number of rotatable bonds is 5. The summed E-state index contributed by atoms with van der Waals surface area (Å²) in [5.74, 6) is 0. The molecule has 2 aliphatic carbocycles. The summed E-state index contributed by atoms with van der Waals surface area (Å²) in [7, 11) is 0. The second-order valence-electron chi connectivity index (χ2n) is 6.70. The van der Waals surface area contributed by atoms with E-state index in [-0.39, 0.29) is 24.3 Å². The minimum absolute atomic E-state index is 0.177. The first-order valence-electron chi connectivity index (χ1n) is 8.62. The van der Waals surface area contributed by atoms with Crippen molar-refractivity contribution in [3.63, 3.8) is 0 Å². The lowest BCUT2D eigenvalue weighted by molar-refractivity contribution is 0.0712. The Bertz CT molecular complexity index is 502. The van der Waals surface area contributed by atoms with Crippen molar-refractivity contribution >= 4 is 6.09 Å². The van der Waals surface area contributed by atoms with Gasteiger partial charge >= 0.3 is 6.09 Å². The van der Waals surface area contributed by atoms with Gasteiger partial charge in [0.25, 0.3) is 0 Å². The van der Waals surface area contributed by atoms with Crippen molar-refractivity contribution in [1.82, 2.24) is 10.6 Å². The average molecular weight is 318 g/mol. The first kappa shape index (κ1) is 16.3. The predicted molar refractivity (Wildman–Crippen MR) is 88.0 cm³/mol. The maximum atomic E-state index is 11.8. The second kappa shape index (κ2) is 7.79. The molecule has 0 aromatic heterocycles. The lowest BCUT2D eigenvalue weighted by Gasteiger charge is -2.40. The minimum atomic E-state index is -0.352. The average Bonchev–Trinajstić information content (AvgIpc) is 2.54. The van der Waals surface area contributed by atoms with Gasteiger partial charge in [-0.2, -0.15) is 0 Å². The number of aliphatic hydroxyl groups excluding tert-OH is 1. The van der Waals surface area contributed by atoms with E-state index in [2.05, 4.69) is 10.6 Å². The van der Waals surface area contributed by atoms with E-state index >= 15 is 0 Å². The fourth-order valence-electron chi connectivity index (χ4n) is 3.41. The van der Waals surface area contributed by atoms with Gasteiger partial charge in [-0.25, -0.2) is 4.79 Å². The molecule has 5 heteroatoms. The topological polar surface area (TPSA) is 70.6 Å². The van der Waals surface area contributed by atoms with E-state index in [9.17, 15) is 9.90 Å². The monoisotopic (exact) mass is 318 g/mol. The van der Waals surface area contributed by atoms with E-state index in [4.69, 9.17) is 4.74 Å². The molecule has 3 rings (SSSR count). The molecule has 2 saturated carbocycles. The minimum Gasteiger partial charge on any atom is -0.445 e. The Morgan fingerprint density at radius 2 is 1.87 bits per heavy atom. The maximum Gasteiger partial charge on any atom is 0.407 e. The van der Waals surface area contributed by atoms with E-state index in [0.717, 1.165) is 37.7 Å². The zero-order valence-electron chi connectivity index (χ0n) is 13.4. The van der Waals surface area contributed by atoms with Crippen LogP contribution in [0.15, 0.2) is 30.3 Å². The highest BCUT2D eigenvalue weighted by Crippen LogP contribution is 2.25. The van der Waals surface area contributed by atoms with Crippen LogP contribution in [0.5, 0.6) is 0 Å². The molecule has 0 heterocycles. The highest BCUT2D eigenvalue weighted by atomic mass is 16.5. The molecule has 0 spiro atoms. The van der Waals surface area contributed by atoms with E-state index in [0.29, 0.717) is 12.6 Å². The number of alkyl carbamates (subject to hydrolysis) is 1. The van der Waals surface area contributed by atoms with Crippen LogP contribution in [0.4, 0.5) is 4.79 Å². The molecule has 1 aromatic carbocycles. The first-order valence-corrected chi connectivity index (χ1v) is 8.62. The number of carbonyl (C=O) groups is 1. The summed E-state index contributed by atoms with van der Waals surface area (Å²) in [6.45, 7) is 0.301. The molecule has 0 saturated heterocycles. The number of amides is 1. The van der Waals surface area contributed by atoms with Crippen LogP contribution in [-0.4, -0.2) is 35.4 Å². The molecule has 2 fully saturated rings. The Morgan fingerprint density at radius 3 is 2.61 bits per heavy atom. The second-order valence-corrected chi connectivity index (χ2v) is 6.70. The van der Waals surface area contributed by atoms with Crippen LogP contribution < -0.4 is 10.6 Å². The fourth-order valence-corrected chi connectivity index (χ4v) is 3.41. The molecule has 2 atom stereocenters. The molecule has 23 heavy (non-hydrogen) atoms. The molecule has 2 aliphatic rings. The lowest BCUT2D eigenvalue weighted by Crippen LogP contribution is -2.57. The third-order valence-corrected chi connectivity index (χ3v) is 4.85. The number of carbonyl (C=O) groups excluding carboxylic acids is 1. The van der Waals surface area contributed by atoms with Crippen molar-refractivity contribution in [3.8, 4) is 0 Å². The SMILES string of the molecule is O=C(NC1CC(NC2CCCCC2O)C1)OCc1ccccc1. The van der Waals surface area contributed by atoms with Crippen molar-refractivity contribution in [2.45, 2.75) is 69.4 Å². The van der Waals surface area contributed by atoms with E-state index < -0.39 is 0 Å². The highest BCUT2D eigenvalue weighted by molar-refractivity contribution is 5.67. The van der Waals surface area contributed by atoms with Crippen LogP contribution in [0.1, 0.15) is 44.1 Å². The Hall–Kier alpha value is -1.59. The molecular formula is C18H26N2O3. The maximum absolute atomic E-state index is 11.8. The van der Waals surface area contributed by atoms with Crippen molar-refractivity contribution in [2.24, 2.45) is 0 Å². The van der Waals surface area contributed by atoms with E-state index in [1.807, 2.05) is 30.3 Å². The Labute approximate surface area is 137 Å². The third-order valence-electron chi connectivity index (χ3n) is 4.85. The lowest BCUT2D eigenvalue weighted by atomic mass is 9.84. The molecule has 126 valence electrons. The predicted octanol–water partition coefficient (Wildman–Crippen LogP) is 2.34. The van der Waals surface area contributed by atoms with Crippen LogP contribution in [0.3, 0.4) is 0 Å². The normalized spacial score (nSPS) is 30.3. The summed E-state index contributed by atoms with van der Waals surface area (Å²) in [5.41, 5.74) is 0.988. The summed E-state index contributed by atoms with van der Waals surface area (Å²) < 4.78 is 5.23. The van der Waals surface area contributed by atoms with Crippen molar-refractivity contribution < 1.29 is 14.6 Å². The van der Waals surface area contributed by atoms with Crippen molar-refractivity contribution in [2.75, 3.05) is 0 Å². The molecule has 0 aliphatic heterocycles. The zero-order valence-corrected chi connectivity index (χ0v) is 13.4. The summed E-state index contributed by atoms with van der Waals surface area (Å²) >= 11 is 0. The van der Waals surface area contributed by atoms with E-state index in [1.54, 1.807) is 0 Å². The zero-order chi connectivity index (χ0) is 16.1. The van der Waals surface area contributed by atoms with Crippen molar-refractivity contribution in [1.29, 1.82) is 0 Å². The molecule has 0 radical (unpaired) electrons. The van der Waals surface area contributed by atoms with Gasteiger partial charge in [0.2, 0.25) is 0 Å². The standard InChI is InChI=1S/C18H26N2O3/c21-17-9-5-4-8-16(17)19-14-10-15(11-14)20-18(22)23-12-13-6-2-1-3-7-13/h1-3,6-7,14-17,19,21H,4-5,8-12H2,(H,20,22). The van der Waals surface area contributed by atoms with Gasteiger partial charge in [0.1, 0.15) is 6.61 Å². The molecule has 5 nitrogen and oxygen atoms in total. The fraction of sp³-hybridized carbons (Fsp3) is 0.611. The third kappa shape index (κ3) is 4.69. The number of hydrogen-bond acceptors (Lipinski definition) is 4. The summed E-state index contributed by atoms with van der Waals surface area (Å²) in [5, 5.41) is 16.4. The molecule has 0 bridgehead atoms. The quantitative estimate of drug-likeness (QED) is 0.779. The number of hydrogen-bond donors (Lipinski definition) is 3. The summed E-state index contributed by atoms with van der Waals surface area (Å²) in [6, 6.07) is 10.5. The van der Waals surface area contributed by atoms with Crippen LogP contribution in [-0.2, 0) is 11.3 Å². The number of benzene rings is 1. The van der Waals surface area contributed by atoms with Gasteiger partial charge in [-0.1, -0.05) is 43.2 Å². The van der Waals surface area contributed by atoms with Gasteiger partial charge in [-0.3, -0.25) is 0 Å². The molecule has 1 aromatic rings. The molecular weight excluding hydrogens is 292 g/mol. The van der Waals surface area contributed by atoms with Gasteiger partial charge in [0, 0.05) is 18.1 Å². The number of aliphatic hydroxyl groups is 1. The number of nitrogens with one attached hydrogen (secondary N) is 2. The van der Waals surface area contributed by atoms with Crippen LogP contribution >= 0.6 is 0 Å². The Kier molecular flexibility index (Phi) is 5.51. The summed E-state index contributed by atoms with van der Waals surface area (Å²) in [6.07, 6.45) is 5.51. The Balaban J connectivity index is 1.31. The number of ether oxygens (including phenoxy) is 1. The van der Waals surface area contributed by atoms with Gasteiger partial charge in [0.15, 0.2) is 0 Å². The first-order chi connectivity index (χ1) is 11.2. The molecule has 1 amide bonds. The molecule has 3 N–H and O–H groups in total. The van der Waals surface area contributed by atoms with Crippen molar-refractivity contribution in [3.05, 3.63) is 35.9 Å².